The maximum atomic E-state index is 11.8. The zero-order chi connectivity index (χ0) is 13.2. The minimum atomic E-state index is -0.587. The first-order valence-corrected chi connectivity index (χ1v) is 7.15. The molecule has 0 spiro atoms. The Labute approximate surface area is 113 Å². The minimum absolute atomic E-state index is 0.0166. The van der Waals surface area contributed by atoms with Crippen molar-refractivity contribution in [3.05, 3.63) is 35.9 Å². The van der Waals surface area contributed by atoms with Crippen LogP contribution in [0.1, 0.15) is 31.2 Å². The van der Waals surface area contributed by atoms with Crippen LogP contribution in [0.15, 0.2) is 30.3 Å². The fourth-order valence-corrected chi connectivity index (χ4v) is 2.84. The molecule has 1 aliphatic carbocycles. The summed E-state index contributed by atoms with van der Waals surface area (Å²) in [5.74, 6) is 0.634. The Balaban J connectivity index is 1.55. The van der Waals surface area contributed by atoms with E-state index in [9.17, 15) is 9.90 Å². The van der Waals surface area contributed by atoms with Gasteiger partial charge >= 0.3 is 5.97 Å². The zero-order valence-electron chi connectivity index (χ0n) is 11.0. The van der Waals surface area contributed by atoms with E-state index in [0.717, 1.165) is 17.9 Å². The van der Waals surface area contributed by atoms with Crippen molar-refractivity contribution in [2.24, 2.45) is 11.8 Å². The molecule has 1 saturated carbocycles. The van der Waals surface area contributed by atoms with Gasteiger partial charge in [0.1, 0.15) is 6.10 Å². The third-order valence-corrected chi connectivity index (χ3v) is 4.15. The molecule has 1 aromatic carbocycles. The summed E-state index contributed by atoms with van der Waals surface area (Å²) in [4.78, 5) is 11.8. The molecule has 3 rings (SSSR count). The standard InChI is InChI=1S/C16H20O3/c17-14(9-11-4-2-1-3-5-11)15-10-13(16(18)19-15)8-12-6-7-12/h1-5,12-15,17H,6-10H2/t13-,14?,15-/m0/s1. The molecule has 0 radical (unpaired) electrons. The third-order valence-electron chi connectivity index (χ3n) is 4.15. The summed E-state index contributed by atoms with van der Waals surface area (Å²) < 4.78 is 5.35. The highest BCUT2D eigenvalue weighted by Crippen LogP contribution is 2.39. The monoisotopic (exact) mass is 260 g/mol. The van der Waals surface area contributed by atoms with Crippen LogP contribution in [0.3, 0.4) is 0 Å². The molecule has 2 fully saturated rings. The van der Waals surface area contributed by atoms with Crippen molar-refractivity contribution in [3.8, 4) is 0 Å². The number of esters is 1. The smallest absolute Gasteiger partial charge is 0.309 e. The molecule has 2 aliphatic rings. The maximum absolute atomic E-state index is 11.8. The number of hydrogen-bond acceptors (Lipinski definition) is 3. The summed E-state index contributed by atoms with van der Waals surface area (Å²) in [7, 11) is 0. The van der Waals surface area contributed by atoms with Crippen LogP contribution in [0, 0.1) is 11.8 Å². The molecule has 3 heteroatoms. The zero-order valence-corrected chi connectivity index (χ0v) is 11.0. The van der Waals surface area contributed by atoms with E-state index in [2.05, 4.69) is 0 Å². The lowest BCUT2D eigenvalue weighted by Gasteiger charge is -2.16. The van der Waals surface area contributed by atoms with Crippen LogP contribution < -0.4 is 0 Å². The number of carbonyl (C=O) groups excluding carboxylic acids is 1. The van der Waals surface area contributed by atoms with Crippen LogP contribution in [0.4, 0.5) is 0 Å². The number of ether oxygens (including phenoxy) is 1. The number of rotatable bonds is 5. The highest BCUT2D eigenvalue weighted by atomic mass is 16.6. The van der Waals surface area contributed by atoms with Gasteiger partial charge in [0.25, 0.3) is 0 Å². The maximum Gasteiger partial charge on any atom is 0.309 e. The summed E-state index contributed by atoms with van der Waals surface area (Å²) >= 11 is 0. The van der Waals surface area contributed by atoms with Crippen molar-refractivity contribution in [1.29, 1.82) is 0 Å². The van der Waals surface area contributed by atoms with Crippen LogP contribution in [0.2, 0.25) is 0 Å². The lowest BCUT2D eigenvalue weighted by Crippen LogP contribution is -2.27. The molecule has 1 unspecified atom stereocenters. The normalized spacial score (nSPS) is 28.2. The van der Waals surface area contributed by atoms with E-state index in [1.54, 1.807) is 0 Å². The van der Waals surface area contributed by atoms with Gasteiger partial charge in [-0.1, -0.05) is 43.2 Å². The molecule has 1 heterocycles. The van der Waals surface area contributed by atoms with Crippen molar-refractivity contribution >= 4 is 5.97 Å². The van der Waals surface area contributed by atoms with Gasteiger partial charge in [-0.25, -0.2) is 0 Å². The van der Waals surface area contributed by atoms with Gasteiger partial charge in [0.2, 0.25) is 0 Å². The van der Waals surface area contributed by atoms with Gasteiger partial charge in [0.05, 0.1) is 12.0 Å². The Kier molecular flexibility index (Phi) is 3.56. The molecule has 1 aromatic rings. The predicted molar refractivity (Wildman–Crippen MR) is 71.5 cm³/mol. The molecule has 1 saturated heterocycles. The van der Waals surface area contributed by atoms with E-state index in [1.165, 1.54) is 12.8 Å². The lowest BCUT2D eigenvalue weighted by molar-refractivity contribution is -0.148. The Hall–Kier alpha value is -1.35. The summed E-state index contributed by atoms with van der Waals surface area (Å²) in [5, 5.41) is 10.2. The molecular weight excluding hydrogens is 240 g/mol. The van der Waals surface area contributed by atoms with Crippen molar-refractivity contribution in [2.75, 3.05) is 0 Å². The number of hydrogen-bond donors (Lipinski definition) is 1. The second kappa shape index (κ2) is 5.33. The van der Waals surface area contributed by atoms with Gasteiger partial charge < -0.3 is 9.84 Å². The lowest BCUT2D eigenvalue weighted by atomic mass is 9.94. The Morgan fingerprint density at radius 2 is 2.00 bits per heavy atom. The first kappa shape index (κ1) is 12.7. The topological polar surface area (TPSA) is 46.5 Å². The summed E-state index contributed by atoms with van der Waals surface area (Å²) in [5.41, 5.74) is 1.08. The first-order chi connectivity index (χ1) is 9.22. The largest absolute Gasteiger partial charge is 0.459 e. The molecule has 0 bridgehead atoms. The van der Waals surface area contributed by atoms with Crippen LogP contribution >= 0.6 is 0 Å². The fraction of sp³-hybridized carbons (Fsp3) is 0.562. The van der Waals surface area contributed by atoms with E-state index >= 15 is 0 Å². The Bertz CT molecular complexity index is 439. The molecule has 0 aromatic heterocycles. The molecule has 1 N–H and O–H groups in total. The molecule has 3 nitrogen and oxygen atoms in total. The summed E-state index contributed by atoms with van der Waals surface area (Å²) in [6, 6.07) is 9.84. The van der Waals surface area contributed by atoms with Gasteiger partial charge in [0.15, 0.2) is 0 Å². The van der Waals surface area contributed by atoms with Gasteiger partial charge in [-0.05, 0) is 17.9 Å². The second-order valence-corrected chi connectivity index (χ2v) is 5.84. The first-order valence-electron chi connectivity index (χ1n) is 7.15. The molecule has 102 valence electrons. The van der Waals surface area contributed by atoms with Crippen molar-refractivity contribution < 1.29 is 14.6 Å². The summed E-state index contributed by atoms with van der Waals surface area (Å²) in [6.45, 7) is 0. The van der Waals surface area contributed by atoms with E-state index in [4.69, 9.17) is 4.74 Å². The molecule has 1 aliphatic heterocycles. The van der Waals surface area contributed by atoms with Crippen molar-refractivity contribution in [2.45, 2.75) is 44.3 Å². The quantitative estimate of drug-likeness (QED) is 0.826. The molecule has 0 amide bonds. The summed E-state index contributed by atoms with van der Waals surface area (Å²) in [6.07, 6.45) is 3.78. The average Bonchev–Trinajstić information content (AvgIpc) is 3.14. The molecule has 19 heavy (non-hydrogen) atoms. The number of benzene rings is 1. The van der Waals surface area contributed by atoms with E-state index < -0.39 is 6.10 Å². The van der Waals surface area contributed by atoms with Crippen LogP contribution in [0.25, 0.3) is 0 Å². The van der Waals surface area contributed by atoms with E-state index in [1.807, 2.05) is 30.3 Å². The van der Waals surface area contributed by atoms with Crippen LogP contribution in [-0.2, 0) is 16.0 Å². The van der Waals surface area contributed by atoms with Gasteiger partial charge in [-0.15, -0.1) is 0 Å². The third kappa shape index (κ3) is 3.16. The van der Waals surface area contributed by atoms with Gasteiger partial charge in [0, 0.05) is 12.8 Å². The molecular formula is C16H20O3. The highest BCUT2D eigenvalue weighted by Gasteiger charge is 2.40. The van der Waals surface area contributed by atoms with E-state index in [0.29, 0.717) is 12.8 Å². The average molecular weight is 260 g/mol. The number of aliphatic hydroxyl groups is 1. The van der Waals surface area contributed by atoms with Crippen LogP contribution in [0.5, 0.6) is 0 Å². The highest BCUT2D eigenvalue weighted by molar-refractivity contribution is 5.74. The van der Waals surface area contributed by atoms with Crippen LogP contribution in [-0.4, -0.2) is 23.3 Å². The van der Waals surface area contributed by atoms with Gasteiger partial charge in [-0.2, -0.15) is 0 Å². The Morgan fingerprint density at radius 1 is 1.26 bits per heavy atom. The number of carbonyl (C=O) groups is 1. The number of aliphatic hydroxyl groups excluding tert-OH is 1. The fourth-order valence-electron chi connectivity index (χ4n) is 2.84. The predicted octanol–water partition coefficient (Wildman–Crippen LogP) is 2.32. The van der Waals surface area contributed by atoms with Gasteiger partial charge in [-0.3, -0.25) is 4.79 Å². The Morgan fingerprint density at radius 3 is 2.68 bits per heavy atom. The SMILES string of the molecule is O=C1O[C@H](C(O)Cc2ccccc2)C[C@@H]1CC1CC1. The number of cyclic esters (lactones) is 1. The van der Waals surface area contributed by atoms with E-state index in [-0.39, 0.29) is 18.0 Å². The van der Waals surface area contributed by atoms with Crippen molar-refractivity contribution in [3.63, 3.8) is 0 Å². The van der Waals surface area contributed by atoms with Crippen molar-refractivity contribution in [1.82, 2.24) is 0 Å². The molecule has 3 atom stereocenters. The second-order valence-electron chi connectivity index (χ2n) is 5.84. The minimum Gasteiger partial charge on any atom is -0.459 e.